The first-order chi connectivity index (χ1) is 19.8. The minimum Gasteiger partial charge on any atom is -0.439 e. The lowest BCUT2D eigenvalue weighted by Gasteiger charge is -2.42. The molecule has 0 bridgehead atoms. The van der Waals surface area contributed by atoms with Gasteiger partial charge in [-0.3, -0.25) is 4.90 Å². The van der Waals surface area contributed by atoms with Crippen molar-refractivity contribution in [2.75, 3.05) is 13.7 Å². The third-order valence-electron chi connectivity index (χ3n) is 7.79. The average molecular weight is 622 g/mol. The maximum absolute atomic E-state index is 13.9. The van der Waals surface area contributed by atoms with Gasteiger partial charge in [0.2, 0.25) is 0 Å². The lowest BCUT2D eigenvalue weighted by Crippen LogP contribution is -2.51. The van der Waals surface area contributed by atoms with Crippen molar-refractivity contribution in [3.05, 3.63) is 94.1 Å². The van der Waals surface area contributed by atoms with Crippen LogP contribution in [0.5, 0.6) is 0 Å². The topological polar surface area (TPSA) is 38.8 Å². The highest BCUT2D eigenvalue weighted by molar-refractivity contribution is 5.71. The molecule has 1 heterocycles. The minimum absolute atomic E-state index is 0.0453. The van der Waals surface area contributed by atoms with Crippen molar-refractivity contribution < 1.29 is 53.8 Å². The van der Waals surface area contributed by atoms with E-state index in [4.69, 9.17) is 9.47 Å². The summed E-state index contributed by atoms with van der Waals surface area (Å²) in [5, 5.41) is 0. The number of alkyl halides is 9. The van der Waals surface area contributed by atoms with Crippen molar-refractivity contribution in [1.82, 2.24) is 4.90 Å². The van der Waals surface area contributed by atoms with E-state index >= 15 is 0 Å². The van der Waals surface area contributed by atoms with Gasteiger partial charge in [0, 0.05) is 13.0 Å². The lowest BCUT2D eigenvalue weighted by atomic mass is 9.75. The molecule has 234 valence electrons. The summed E-state index contributed by atoms with van der Waals surface area (Å²) >= 11 is 0. The summed E-state index contributed by atoms with van der Waals surface area (Å²) < 4.78 is 134. The molecule has 2 aromatic carbocycles. The minimum atomic E-state index is -5.13. The van der Waals surface area contributed by atoms with Crippen LogP contribution < -0.4 is 0 Å². The Morgan fingerprint density at radius 2 is 1.51 bits per heavy atom. The molecule has 4 unspecified atom stereocenters. The van der Waals surface area contributed by atoms with Crippen LogP contribution in [0.15, 0.2) is 66.3 Å². The molecule has 1 saturated heterocycles. The summed E-state index contributed by atoms with van der Waals surface area (Å²) in [6.45, 7) is 4.64. The Hall–Kier alpha value is -3.48. The lowest BCUT2D eigenvalue weighted by molar-refractivity contribution is -0.143. The van der Waals surface area contributed by atoms with Gasteiger partial charge in [-0.15, -0.1) is 0 Å². The van der Waals surface area contributed by atoms with Gasteiger partial charge in [0.05, 0.1) is 29.3 Å². The first kappa shape index (κ1) is 32.4. The van der Waals surface area contributed by atoms with Crippen LogP contribution >= 0.6 is 0 Å². The normalized spacial score (nSPS) is 24.9. The number of nitrogens with zero attached hydrogens (tertiary/aromatic N) is 1. The highest BCUT2D eigenvalue weighted by Crippen LogP contribution is 2.46. The predicted molar refractivity (Wildman–Crippen MR) is 138 cm³/mol. The Labute approximate surface area is 241 Å². The molecule has 1 aliphatic heterocycles. The molecule has 1 amide bonds. The maximum Gasteiger partial charge on any atom is 0.416 e. The summed E-state index contributed by atoms with van der Waals surface area (Å²) in [6.07, 6.45) is -14.7. The van der Waals surface area contributed by atoms with Crippen LogP contribution in [0.1, 0.15) is 66.5 Å². The van der Waals surface area contributed by atoms with Gasteiger partial charge in [-0.25, -0.2) is 4.79 Å². The first-order valence-corrected chi connectivity index (χ1v) is 13.2. The molecular formula is C30H28F9NO3. The molecule has 4 rings (SSSR count). The molecule has 0 saturated carbocycles. The summed E-state index contributed by atoms with van der Waals surface area (Å²) in [7, 11) is 1.16. The molecule has 2 aromatic rings. The van der Waals surface area contributed by atoms with Crippen molar-refractivity contribution in [3.63, 3.8) is 0 Å². The number of rotatable bonds is 6. The molecule has 1 fully saturated rings. The summed E-state index contributed by atoms with van der Waals surface area (Å²) in [5.41, 5.74) is -5.15. The SMILES string of the molecule is COC1(CN2C(=O)OC(c3cc(C(F)(F)F)cc(C(F)(F)F)c3)C2C)C=C(C(F)(F)F)C=CC1c1cccc(C(C)C)c1. The van der Waals surface area contributed by atoms with Crippen molar-refractivity contribution in [1.29, 1.82) is 0 Å². The Balaban J connectivity index is 1.77. The van der Waals surface area contributed by atoms with E-state index in [0.29, 0.717) is 17.7 Å². The maximum atomic E-state index is 13.9. The molecule has 2 aliphatic rings. The van der Waals surface area contributed by atoms with E-state index in [1.165, 1.54) is 13.0 Å². The van der Waals surface area contributed by atoms with Gasteiger partial charge >= 0.3 is 24.6 Å². The third kappa shape index (κ3) is 6.56. The molecule has 13 heteroatoms. The highest BCUT2D eigenvalue weighted by atomic mass is 19.4. The van der Waals surface area contributed by atoms with Crippen molar-refractivity contribution in [2.24, 2.45) is 0 Å². The van der Waals surface area contributed by atoms with E-state index in [2.05, 4.69) is 0 Å². The van der Waals surface area contributed by atoms with E-state index < -0.39 is 77.1 Å². The number of allylic oxidation sites excluding steroid dienone is 2. The number of benzene rings is 2. The monoisotopic (exact) mass is 621 g/mol. The number of ether oxygens (including phenoxy) is 2. The number of amides is 1. The van der Waals surface area contributed by atoms with Crippen LogP contribution in [0, 0.1) is 0 Å². The number of cyclic esters (lactones) is 1. The Morgan fingerprint density at radius 1 is 0.907 bits per heavy atom. The Kier molecular flexibility index (Phi) is 8.46. The smallest absolute Gasteiger partial charge is 0.416 e. The van der Waals surface area contributed by atoms with Crippen LogP contribution in [0.3, 0.4) is 0 Å². The second-order valence-corrected chi connectivity index (χ2v) is 10.9. The van der Waals surface area contributed by atoms with Gasteiger partial charge < -0.3 is 9.47 Å². The average Bonchev–Trinajstić information content (AvgIpc) is 3.19. The molecule has 1 aliphatic carbocycles. The van der Waals surface area contributed by atoms with Gasteiger partial charge in [-0.2, -0.15) is 39.5 Å². The zero-order valence-corrected chi connectivity index (χ0v) is 23.4. The van der Waals surface area contributed by atoms with Gasteiger partial charge in [-0.05, 0) is 53.8 Å². The van der Waals surface area contributed by atoms with Gasteiger partial charge in [-0.1, -0.05) is 50.3 Å². The molecular weight excluding hydrogens is 593 g/mol. The van der Waals surface area contributed by atoms with Crippen LogP contribution in [0.25, 0.3) is 0 Å². The Bertz CT molecular complexity index is 1390. The summed E-state index contributed by atoms with van der Waals surface area (Å²) in [5.74, 6) is -0.777. The Morgan fingerprint density at radius 3 is 2.02 bits per heavy atom. The molecule has 0 spiro atoms. The first-order valence-electron chi connectivity index (χ1n) is 13.2. The van der Waals surface area contributed by atoms with Crippen molar-refractivity contribution >= 4 is 6.09 Å². The number of carbonyl (C=O) groups excluding carboxylic acids is 1. The van der Waals surface area contributed by atoms with Crippen LogP contribution in [0.4, 0.5) is 44.3 Å². The third-order valence-corrected chi connectivity index (χ3v) is 7.79. The molecule has 43 heavy (non-hydrogen) atoms. The van der Waals surface area contributed by atoms with Gasteiger partial charge in [0.15, 0.2) is 0 Å². The van der Waals surface area contributed by atoms with Crippen LogP contribution in [0.2, 0.25) is 0 Å². The predicted octanol–water partition coefficient (Wildman–Crippen LogP) is 8.96. The zero-order chi connectivity index (χ0) is 32.1. The van der Waals surface area contributed by atoms with E-state index in [0.717, 1.165) is 29.7 Å². The molecule has 0 radical (unpaired) electrons. The van der Waals surface area contributed by atoms with E-state index in [1.807, 2.05) is 19.9 Å². The van der Waals surface area contributed by atoms with E-state index in [1.54, 1.807) is 18.2 Å². The van der Waals surface area contributed by atoms with E-state index in [9.17, 15) is 44.3 Å². The fourth-order valence-electron chi connectivity index (χ4n) is 5.41. The summed E-state index contributed by atoms with van der Waals surface area (Å²) in [4.78, 5) is 14.0. The zero-order valence-electron chi connectivity index (χ0n) is 23.4. The van der Waals surface area contributed by atoms with E-state index in [-0.39, 0.29) is 12.0 Å². The fraction of sp³-hybridized carbons (Fsp3) is 0.433. The van der Waals surface area contributed by atoms with Crippen molar-refractivity contribution in [3.8, 4) is 0 Å². The largest absolute Gasteiger partial charge is 0.439 e. The number of hydrogen-bond acceptors (Lipinski definition) is 3. The molecule has 4 nitrogen and oxygen atoms in total. The quantitative estimate of drug-likeness (QED) is 0.303. The molecule has 0 N–H and O–H groups in total. The number of methoxy groups -OCH3 is 1. The van der Waals surface area contributed by atoms with Crippen molar-refractivity contribution in [2.45, 2.75) is 68.9 Å². The molecule has 4 atom stereocenters. The standard InChI is InChI=1S/C30H28F9NO3/c1-16(2)18-6-5-7-19(10-18)24-9-8-21(28(31,32)33)14-27(24,42-4)15-40-17(3)25(43-26(40)41)20-11-22(29(34,35)36)13-23(12-20)30(37,38)39/h5-14,16-17,24-25H,15H2,1-4H3. The summed E-state index contributed by atoms with van der Waals surface area (Å²) in [6, 6.07) is 6.77. The fourth-order valence-corrected chi connectivity index (χ4v) is 5.41. The van der Waals surface area contributed by atoms with Gasteiger partial charge in [0.1, 0.15) is 11.7 Å². The second kappa shape index (κ2) is 11.2. The number of carbonyl (C=O) groups is 1. The highest BCUT2D eigenvalue weighted by Gasteiger charge is 2.50. The second-order valence-electron chi connectivity index (χ2n) is 10.9. The molecule has 0 aromatic heterocycles. The van der Waals surface area contributed by atoms with Crippen LogP contribution in [-0.4, -0.2) is 42.5 Å². The van der Waals surface area contributed by atoms with Crippen LogP contribution in [-0.2, 0) is 21.8 Å². The number of halogens is 9. The number of hydrogen-bond donors (Lipinski definition) is 0. The van der Waals surface area contributed by atoms with Gasteiger partial charge in [0.25, 0.3) is 0 Å².